The molecule has 0 aliphatic rings. The number of nitrogens with one attached hydrogen (secondary N) is 1. The predicted molar refractivity (Wildman–Crippen MR) is 136 cm³/mol. The summed E-state index contributed by atoms with van der Waals surface area (Å²) in [5, 5.41) is 16.8. The number of hydrogen-bond acceptors (Lipinski definition) is 8. The second kappa shape index (κ2) is 10.2. The van der Waals surface area contributed by atoms with Gasteiger partial charge >= 0.3 is 0 Å². The molecule has 4 rings (SSSR count). The van der Waals surface area contributed by atoms with Gasteiger partial charge in [-0.05, 0) is 68.4 Å². The van der Waals surface area contributed by atoms with Crippen LogP contribution in [0.1, 0.15) is 27.6 Å². The fourth-order valence-corrected chi connectivity index (χ4v) is 4.93. The molecular weight excluding hydrogens is 554 g/mol. The van der Waals surface area contributed by atoms with Gasteiger partial charge in [-0.15, -0.1) is 5.10 Å². The van der Waals surface area contributed by atoms with Gasteiger partial charge in [-0.25, -0.2) is 28.2 Å². The number of amides is 1. The van der Waals surface area contributed by atoms with Gasteiger partial charge in [0.1, 0.15) is 0 Å². The molecule has 4 aromatic rings. The minimum Gasteiger partial charge on any atom is -0.321 e. The van der Waals surface area contributed by atoms with Crippen LogP contribution in [0.3, 0.4) is 0 Å². The van der Waals surface area contributed by atoms with E-state index in [1.807, 2.05) is 44.2 Å². The summed E-state index contributed by atoms with van der Waals surface area (Å²) in [6, 6.07) is 14.9. The summed E-state index contributed by atoms with van der Waals surface area (Å²) < 4.78 is 25.5. The van der Waals surface area contributed by atoms with Crippen molar-refractivity contribution in [2.45, 2.75) is 29.7 Å². The maximum absolute atomic E-state index is 13.1. The van der Waals surface area contributed by atoms with Crippen molar-refractivity contribution in [2.24, 2.45) is 5.14 Å². The van der Waals surface area contributed by atoms with Crippen molar-refractivity contribution in [2.75, 3.05) is 5.32 Å². The molecular formula is C22H20BrN7O3S2. The summed E-state index contributed by atoms with van der Waals surface area (Å²) in [5.41, 5.74) is 3.49. The molecule has 0 bridgehead atoms. The van der Waals surface area contributed by atoms with E-state index in [9.17, 15) is 13.2 Å². The van der Waals surface area contributed by atoms with E-state index in [0.717, 1.165) is 21.5 Å². The molecule has 0 radical (unpaired) electrons. The molecule has 0 saturated heterocycles. The van der Waals surface area contributed by atoms with Crippen LogP contribution in [0.2, 0.25) is 0 Å². The number of carbonyl (C=O) groups excluding carboxylic acids is 1. The molecule has 0 spiro atoms. The number of aryl methyl sites for hydroxylation is 2. The molecule has 3 N–H and O–H groups in total. The second-order valence-corrected chi connectivity index (χ2v) is 10.9. The standard InChI is InChI=1S/C22H20BrN7O3S2/c1-13-11-14(2)26-22(25-13)34-12-19-20(28-29-30(19)17-7-3-15(23)4-8-17)21(31)27-16-5-9-18(10-6-16)35(24,32)33/h3-11H,12H2,1-2H3,(H,27,31)(H2,24,32,33). The molecule has 0 saturated carbocycles. The molecule has 0 atom stereocenters. The Morgan fingerprint density at radius 1 is 1.06 bits per heavy atom. The first-order valence-electron chi connectivity index (χ1n) is 10.2. The molecule has 2 aromatic heterocycles. The first kappa shape index (κ1) is 25.0. The average molecular weight is 574 g/mol. The van der Waals surface area contributed by atoms with Gasteiger partial charge in [-0.3, -0.25) is 4.79 Å². The number of aromatic nitrogens is 5. The Morgan fingerprint density at radius 3 is 2.29 bits per heavy atom. The van der Waals surface area contributed by atoms with E-state index in [-0.39, 0.29) is 10.6 Å². The highest BCUT2D eigenvalue weighted by Crippen LogP contribution is 2.25. The van der Waals surface area contributed by atoms with E-state index in [0.29, 0.717) is 22.3 Å². The van der Waals surface area contributed by atoms with Gasteiger partial charge in [0.2, 0.25) is 10.0 Å². The molecule has 0 aliphatic heterocycles. The molecule has 0 unspecified atom stereocenters. The number of hydrogen-bond donors (Lipinski definition) is 2. The van der Waals surface area contributed by atoms with Crippen LogP contribution in [0.25, 0.3) is 5.69 Å². The van der Waals surface area contributed by atoms with Crippen LogP contribution >= 0.6 is 27.7 Å². The van der Waals surface area contributed by atoms with Crippen molar-refractivity contribution in [1.82, 2.24) is 25.0 Å². The van der Waals surface area contributed by atoms with Gasteiger partial charge in [0.15, 0.2) is 10.9 Å². The van der Waals surface area contributed by atoms with Gasteiger partial charge in [-0.1, -0.05) is 32.9 Å². The normalized spacial score (nSPS) is 11.4. The van der Waals surface area contributed by atoms with Crippen LogP contribution in [-0.2, 0) is 15.8 Å². The van der Waals surface area contributed by atoms with Crippen molar-refractivity contribution < 1.29 is 13.2 Å². The molecule has 0 fully saturated rings. The zero-order valence-electron chi connectivity index (χ0n) is 18.6. The third-order valence-corrected chi connectivity index (χ3v) is 7.11. The first-order valence-corrected chi connectivity index (χ1v) is 13.5. The van der Waals surface area contributed by atoms with Crippen LogP contribution < -0.4 is 10.5 Å². The van der Waals surface area contributed by atoms with Crippen molar-refractivity contribution in [3.05, 3.63) is 81.8 Å². The zero-order chi connectivity index (χ0) is 25.2. The van der Waals surface area contributed by atoms with Crippen molar-refractivity contribution in [3.8, 4) is 5.69 Å². The Morgan fingerprint density at radius 2 is 1.69 bits per heavy atom. The van der Waals surface area contributed by atoms with E-state index < -0.39 is 15.9 Å². The summed E-state index contributed by atoms with van der Waals surface area (Å²) >= 11 is 4.79. The van der Waals surface area contributed by atoms with E-state index in [1.165, 1.54) is 36.0 Å². The Labute approximate surface area is 214 Å². The summed E-state index contributed by atoms with van der Waals surface area (Å²) in [5.74, 6) is -0.160. The van der Waals surface area contributed by atoms with E-state index >= 15 is 0 Å². The lowest BCUT2D eigenvalue weighted by atomic mass is 10.2. The van der Waals surface area contributed by atoms with E-state index in [4.69, 9.17) is 5.14 Å². The monoisotopic (exact) mass is 573 g/mol. The Balaban J connectivity index is 1.65. The number of halogens is 1. The molecule has 1 amide bonds. The Bertz CT molecular complexity index is 1470. The number of benzene rings is 2. The van der Waals surface area contributed by atoms with E-state index in [1.54, 1.807) is 4.68 Å². The highest BCUT2D eigenvalue weighted by Gasteiger charge is 2.22. The highest BCUT2D eigenvalue weighted by atomic mass is 79.9. The maximum atomic E-state index is 13.1. The third-order valence-electron chi connectivity index (χ3n) is 4.79. The summed E-state index contributed by atoms with van der Waals surface area (Å²) in [7, 11) is -3.83. The van der Waals surface area contributed by atoms with Crippen LogP contribution in [0.5, 0.6) is 0 Å². The summed E-state index contributed by atoms with van der Waals surface area (Å²) in [6.45, 7) is 3.79. The Kier molecular flexibility index (Phi) is 7.31. The number of nitrogens with zero attached hydrogens (tertiary/aromatic N) is 5. The van der Waals surface area contributed by atoms with Gasteiger partial charge < -0.3 is 5.32 Å². The summed E-state index contributed by atoms with van der Waals surface area (Å²) in [4.78, 5) is 22.0. The van der Waals surface area contributed by atoms with Gasteiger partial charge in [-0.2, -0.15) is 0 Å². The predicted octanol–water partition coefficient (Wildman–Crippen LogP) is 3.63. The van der Waals surface area contributed by atoms with Gasteiger partial charge in [0.05, 0.1) is 16.3 Å². The molecule has 13 heteroatoms. The van der Waals surface area contributed by atoms with Crippen LogP contribution in [0, 0.1) is 13.8 Å². The topological polar surface area (TPSA) is 146 Å². The molecule has 10 nitrogen and oxygen atoms in total. The minimum absolute atomic E-state index is 0.0535. The second-order valence-electron chi connectivity index (χ2n) is 7.52. The average Bonchev–Trinajstić information content (AvgIpc) is 3.21. The molecule has 180 valence electrons. The molecule has 35 heavy (non-hydrogen) atoms. The fourth-order valence-electron chi connectivity index (χ4n) is 3.21. The SMILES string of the molecule is Cc1cc(C)nc(SCc2c(C(=O)Nc3ccc(S(N)(=O)=O)cc3)nnn2-c2ccc(Br)cc2)n1. The van der Waals surface area contributed by atoms with Crippen molar-refractivity contribution >= 4 is 49.3 Å². The fraction of sp³-hybridized carbons (Fsp3) is 0.136. The van der Waals surface area contributed by atoms with Crippen LogP contribution in [-0.4, -0.2) is 39.3 Å². The minimum atomic E-state index is -3.83. The van der Waals surface area contributed by atoms with E-state index in [2.05, 4.69) is 41.5 Å². The summed E-state index contributed by atoms with van der Waals surface area (Å²) in [6.07, 6.45) is 0. The van der Waals surface area contributed by atoms with Crippen molar-refractivity contribution in [3.63, 3.8) is 0 Å². The van der Waals surface area contributed by atoms with Crippen LogP contribution in [0.4, 0.5) is 5.69 Å². The number of primary sulfonamides is 1. The lowest BCUT2D eigenvalue weighted by molar-refractivity contribution is 0.102. The molecule has 2 aromatic carbocycles. The first-order chi connectivity index (χ1) is 16.6. The quantitative estimate of drug-likeness (QED) is 0.251. The largest absolute Gasteiger partial charge is 0.321 e. The highest BCUT2D eigenvalue weighted by molar-refractivity contribution is 9.10. The van der Waals surface area contributed by atoms with Gasteiger partial charge in [0, 0.05) is 27.3 Å². The number of nitrogens with two attached hydrogens (primary N) is 1. The Hall–Kier alpha value is -3.13. The number of rotatable bonds is 7. The number of anilines is 1. The van der Waals surface area contributed by atoms with Gasteiger partial charge in [0.25, 0.3) is 5.91 Å². The molecule has 2 heterocycles. The third kappa shape index (κ3) is 6.11. The van der Waals surface area contributed by atoms with Crippen LogP contribution in [0.15, 0.2) is 69.1 Å². The molecule has 0 aliphatic carbocycles. The smallest absolute Gasteiger partial charge is 0.278 e. The zero-order valence-corrected chi connectivity index (χ0v) is 21.9. The number of thioether (sulfide) groups is 1. The van der Waals surface area contributed by atoms with Crippen molar-refractivity contribution in [1.29, 1.82) is 0 Å². The number of carbonyl (C=O) groups is 1. The lowest BCUT2D eigenvalue weighted by Gasteiger charge is -2.09. The lowest BCUT2D eigenvalue weighted by Crippen LogP contribution is -2.16. The number of sulfonamides is 1. The maximum Gasteiger partial charge on any atom is 0.278 e.